The molecule has 1 unspecified atom stereocenters. The summed E-state index contributed by atoms with van der Waals surface area (Å²) >= 11 is 2.32. The van der Waals surface area contributed by atoms with Crippen LogP contribution in [0.2, 0.25) is 18.1 Å². The third kappa shape index (κ3) is 2.24. The first-order chi connectivity index (χ1) is 5.85. The smallest absolute Gasteiger partial charge is 0.158 e. The zero-order valence-electron chi connectivity index (χ0n) is 8.56. The van der Waals surface area contributed by atoms with Crippen LogP contribution in [0.25, 0.3) is 0 Å². The van der Waals surface area contributed by atoms with E-state index < -0.39 is 10.6 Å². The van der Waals surface area contributed by atoms with Gasteiger partial charge in [0, 0.05) is 0 Å². The summed E-state index contributed by atoms with van der Waals surface area (Å²) < 4.78 is 0. The fourth-order valence-electron chi connectivity index (χ4n) is 1.40. The fourth-order valence-corrected chi connectivity index (χ4v) is 5.63. The molecule has 0 bridgehead atoms. The van der Waals surface area contributed by atoms with Crippen molar-refractivity contribution in [3.8, 4) is 12.1 Å². The molecule has 0 aliphatic carbocycles. The van der Waals surface area contributed by atoms with Crippen molar-refractivity contribution in [2.45, 2.75) is 38.4 Å². The van der Waals surface area contributed by atoms with Crippen molar-refractivity contribution < 1.29 is 0 Å². The summed E-state index contributed by atoms with van der Waals surface area (Å²) in [6.07, 6.45) is 0.889. The van der Waals surface area contributed by atoms with Gasteiger partial charge in [-0.15, -0.1) is 21.8 Å². The maximum absolute atomic E-state index is 9.17. The number of rotatable bonds is 3. The van der Waals surface area contributed by atoms with Crippen LogP contribution in [0.3, 0.4) is 0 Å². The summed E-state index contributed by atoms with van der Waals surface area (Å²) in [7, 11) is 0. The maximum Gasteiger partial charge on any atom is 0.158 e. The van der Waals surface area contributed by atoms with E-state index in [4.69, 9.17) is 0 Å². The van der Waals surface area contributed by atoms with E-state index in [9.17, 15) is 10.5 Å². The van der Waals surface area contributed by atoms with E-state index in [1.807, 2.05) is 13.8 Å². The van der Waals surface area contributed by atoms with Gasteiger partial charge >= 0.3 is 0 Å². The predicted molar refractivity (Wildman–Crippen MR) is 64.9 cm³/mol. The van der Waals surface area contributed by atoms with Crippen molar-refractivity contribution in [1.82, 2.24) is 0 Å². The summed E-state index contributed by atoms with van der Waals surface area (Å²) in [4.78, 5) is 0. The monoisotopic (exact) mass is 306 g/mol. The van der Waals surface area contributed by atoms with Crippen LogP contribution in [-0.4, -0.2) is 5.57 Å². The first-order valence-corrected chi connectivity index (χ1v) is 10.5. The summed E-state index contributed by atoms with van der Waals surface area (Å²) in [6, 6.07) is 4.50. The number of nitrogens with zero attached hydrogens (tertiary/aromatic N) is 2. The van der Waals surface area contributed by atoms with E-state index in [2.05, 4.69) is 47.0 Å². The van der Waals surface area contributed by atoms with Crippen LogP contribution in [0, 0.1) is 28.6 Å². The highest BCUT2D eigenvalue weighted by atomic mass is 127. The molecule has 13 heavy (non-hydrogen) atoms. The Morgan fingerprint density at radius 2 is 1.77 bits per heavy atom. The maximum atomic E-state index is 9.17. The minimum Gasteiger partial charge on any atom is -0.197 e. The largest absolute Gasteiger partial charge is 0.197 e. The second kappa shape index (κ2) is 4.43. The molecule has 0 saturated carbocycles. The van der Waals surface area contributed by atoms with Gasteiger partial charge in [-0.2, -0.15) is 10.5 Å². The van der Waals surface area contributed by atoms with Crippen LogP contribution in [0.15, 0.2) is 0 Å². The fraction of sp³-hybridized carbons (Fsp3) is 0.778. The lowest BCUT2D eigenvalue weighted by Gasteiger charge is -2.34. The normalized spacial score (nSPS) is 14.4. The predicted octanol–water partition coefficient (Wildman–Crippen LogP) is 3.46. The van der Waals surface area contributed by atoms with Crippen LogP contribution >= 0.6 is 21.8 Å². The Bertz CT molecular complexity index is 242. The van der Waals surface area contributed by atoms with Gasteiger partial charge in [0.15, 0.2) is 5.57 Å². The van der Waals surface area contributed by atoms with E-state index >= 15 is 0 Å². The molecule has 72 valence electrons. The number of hydrogen-bond donors (Lipinski definition) is 0. The van der Waals surface area contributed by atoms with Gasteiger partial charge in [0.1, 0.15) is 5.04 Å². The summed E-state index contributed by atoms with van der Waals surface area (Å²) in [5.41, 5.74) is -1.77. The molecule has 0 radical (unpaired) electrons. The van der Waals surface area contributed by atoms with Crippen LogP contribution in [0.1, 0.15) is 20.3 Å². The Balaban J connectivity index is 5.23. The standard InChI is InChI=1S/C9H15IN2Si/c1-5-8(2)9(6-11,7-12)13(3,4)10/h8H,5H2,1-4H3. The number of hydrogen-bond acceptors (Lipinski definition) is 2. The Morgan fingerprint density at radius 3 is 1.85 bits per heavy atom. The second-order valence-electron chi connectivity index (χ2n) is 3.81. The molecule has 0 aromatic heterocycles. The molecule has 1 atom stereocenters. The average molecular weight is 306 g/mol. The van der Waals surface area contributed by atoms with Crippen molar-refractivity contribution in [2.75, 3.05) is 0 Å². The molecular formula is C9H15IN2Si. The van der Waals surface area contributed by atoms with Crippen molar-refractivity contribution >= 4 is 27.4 Å². The quantitative estimate of drug-likeness (QED) is 0.455. The SMILES string of the molecule is CCC(C)C(C#N)(C#N)[Si](C)(C)I. The van der Waals surface area contributed by atoms with Crippen LogP contribution in [0.4, 0.5) is 0 Å². The van der Waals surface area contributed by atoms with E-state index in [0.717, 1.165) is 6.42 Å². The molecule has 0 aromatic carbocycles. The first kappa shape index (κ1) is 12.9. The molecule has 0 fully saturated rings. The molecule has 0 heterocycles. The lowest BCUT2D eigenvalue weighted by atomic mass is 9.93. The molecule has 4 heteroatoms. The van der Waals surface area contributed by atoms with Crippen LogP contribution < -0.4 is 0 Å². The van der Waals surface area contributed by atoms with E-state index in [0.29, 0.717) is 0 Å². The highest BCUT2D eigenvalue weighted by Crippen LogP contribution is 2.48. The molecule has 0 aromatic rings. The molecular weight excluding hydrogens is 291 g/mol. The molecule has 0 amide bonds. The molecule has 2 nitrogen and oxygen atoms in total. The van der Waals surface area contributed by atoms with Crippen molar-refractivity contribution in [3.63, 3.8) is 0 Å². The van der Waals surface area contributed by atoms with E-state index in [-0.39, 0.29) is 5.92 Å². The van der Waals surface area contributed by atoms with Gasteiger partial charge in [0.05, 0.1) is 12.1 Å². The van der Waals surface area contributed by atoms with Crippen molar-refractivity contribution in [2.24, 2.45) is 5.92 Å². The zero-order chi connectivity index (χ0) is 10.7. The molecule has 0 saturated heterocycles. The first-order valence-electron chi connectivity index (χ1n) is 4.37. The highest BCUT2D eigenvalue weighted by molar-refractivity contribution is 14.1. The van der Waals surface area contributed by atoms with Crippen LogP contribution in [-0.2, 0) is 0 Å². The third-order valence-electron chi connectivity index (χ3n) is 2.64. The third-order valence-corrected chi connectivity index (χ3v) is 7.79. The molecule has 0 aliphatic rings. The van der Waals surface area contributed by atoms with Gasteiger partial charge in [0.25, 0.3) is 0 Å². The van der Waals surface area contributed by atoms with Crippen LogP contribution in [0.5, 0.6) is 0 Å². The Hall–Kier alpha value is -0.0731. The highest BCUT2D eigenvalue weighted by Gasteiger charge is 2.49. The van der Waals surface area contributed by atoms with Gasteiger partial charge < -0.3 is 0 Å². The Kier molecular flexibility index (Phi) is 4.41. The van der Waals surface area contributed by atoms with Gasteiger partial charge in [0.2, 0.25) is 0 Å². The van der Waals surface area contributed by atoms with Gasteiger partial charge in [-0.3, -0.25) is 0 Å². The Labute approximate surface area is 94.2 Å². The number of nitriles is 2. The van der Waals surface area contributed by atoms with Gasteiger partial charge in [-0.1, -0.05) is 33.4 Å². The molecule has 0 aliphatic heterocycles. The van der Waals surface area contributed by atoms with Crippen molar-refractivity contribution in [1.29, 1.82) is 10.5 Å². The average Bonchev–Trinajstić information content (AvgIpc) is 2.04. The summed E-state index contributed by atoms with van der Waals surface area (Å²) in [5, 5.41) is 17.6. The van der Waals surface area contributed by atoms with Gasteiger partial charge in [-0.25, -0.2) is 0 Å². The second-order valence-corrected chi connectivity index (χ2v) is 15.6. The summed E-state index contributed by atoms with van der Waals surface area (Å²) in [5.74, 6) is 0.168. The zero-order valence-corrected chi connectivity index (χ0v) is 11.7. The summed E-state index contributed by atoms with van der Waals surface area (Å²) in [6.45, 7) is 8.18. The number of halogens is 1. The lowest BCUT2D eigenvalue weighted by Crippen LogP contribution is -2.39. The lowest BCUT2D eigenvalue weighted by molar-refractivity contribution is 0.505. The molecule has 0 N–H and O–H groups in total. The Morgan fingerprint density at radius 1 is 1.38 bits per heavy atom. The topological polar surface area (TPSA) is 47.6 Å². The molecule has 0 spiro atoms. The van der Waals surface area contributed by atoms with Crippen molar-refractivity contribution in [3.05, 3.63) is 0 Å². The van der Waals surface area contributed by atoms with E-state index in [1.165, 1.54) is 0 Å². The minimum atomic E-state index is -1.77. The van der Waals surface area contributed by atoms with E-state index in [1.54, 1.807) is 0 Å². The molecule has 0 rings (SSSR count). The minimum absolute atomic E-state index is 0.168. The van der Waals surface area contributed by atoms with Gasteiger partial charge in [-0.05, 0) is 5.92 Å².